The minimum atomic E-state index is -0.315. The van der Waals surface area contributed by atoms with E-state index in [2.05, 4.69) is 6.07 Å². The van der Waals surface area contributed by atoms with Gasteiger partial charge in [0.05, 0.1) is 32.0 Å². The highest BCUT2D eigenvalue weighted by Crippen LogP contribution is 2.41. The average molecular weight is 700 g/mol. The number of hydrogen-bond donors (Lipinski definition) is 0. The Labute approximate surface area is 301 Å². The number of carbonyl (C=O) groups excluding carboxylic acids is 2. The molecule has 0 aromatic carbocycles. The van der Waals surface area contributed by atoms with Crippen LogP contribution in [0.4, 0.5) is 10.6 Å². The molecule has 3 aromatic heterocycles. The van der Waals surface area contributed by atoms with Gasteiger partial charge in [0.2, 0.25) is 5.91 Å². The number of methoxy groups -OCH3 is 1. The highest BCUT2D eigenvalue weighted by atomic mass is 16.6. The normalized spacial score (nSPS) is 24.5. The van der Waals surface area contributed by atoms with Crippen LogP contribution in [0.3, 0.4) is 0 Å². The first-order valence-corrected chi connectivity index (χ1v) is 19.0. The van der Waals surface area contributed by atoms with Crippen LogP contribution in [-0.2, 0) is 14.3 Å². The molecule has 0 radical (unpaired) electrons. The molecule has 4 aliphatic rings. The van der Waals surface area contributed by atoms with E-state index in [9.17, 15) is 9.59 Å². The van der Waals surface area contributed by atoms with Gasteiger partial charge in [0.25, 0.3) is 0 Å². The number of likely N-dealkylation sites (tertiary alicyclic amines) is 1. The quantitative estimate of drug-likeness (QED) is 0.197. The van der Waals surface area contributed by atoms with Crippen LogP contribution in [0.2, 0.25) is 0 Å². The topological polar surface area (TPSA) is 120 Å². The minimum absolute atomic E-state index is 0.0992. The first-order valence-electron chi connectivity index (χ1n) is 19.0. The molecule has 3 aliphatic carbocycles. The molecule has 2 amide bonds. The molecule has 11 nitrogen and oxygen atoms in total. The summed E-state index contributed by atoms with van der Waals surface area (Å²) in [5, 5.41) is 0. The van der Waals surface area contributed by atoms with Gasteiger partial charge in [-0.3, -0.25) is 14.7 Å². The molecule has 11 heteroatoms. The van der Waals surface area contributed by atoms with Gasteiger partial charge in [0.1, 0.15) is 35.2 Å². The summed E-state index contributed by atoms with van der Waals surface area (Å²) in [6, 6.07) is 8.03. The molecule has 1 saturated heterocycles. The molecule has 0 atom stereocenters. The van der Waals surface area contributed by atoms with Gasteiger partial charge in [0, 0.05) is 41.8 Å². The number of ether oxygens (including phenoxy) is 3. The fourth-order valence-electron chi connectivity index (χ4n) is 8.27. The molecule has 4 heterocycles. The van der Waals surface area contributed by atoms with E-state index in [1.165, 1.54) is 0 Å². The largest absolute Gasteiger partial charge is 0.495 e. The van der Waals surface area contributed by atoms with Gasteiger partial charge in [0.15, 0.2) is 5.89 Å². The fourth-order valence-corrected chi connectivity index (χ4v) is 8.27. The van der Waals surface area contributed by atoms with Gasteiger partial charge in [-0.15, -0.1) is 0 Å². The lowest BCUT2D eigenvalue weighted by atomic mass is 9.79. The Morgan fingerprint density at radius 1 is 0.980 bits per heavy atom. The van der Waals surface area contributed by atoms with E-state index in [0.29, 0.717) is 68.9 Å². The molecule has 7 rings (SSSR count). The Kier molecular flexibility index (Phi) is 10.4. The number of aromatic nitrogens is 3. The number of anilines is 1. The van der Waals surface area contributed by atoms with Crippen molar-refractivity contribution in [2.45, 2.75) is 122 Å². The number of hydrogen-bond acceptors (Lipinski definition) is 9. The van der Waals surface area contributed by atoms with Crippen LogP contribution < -0.4 is 9.64 Å². The van der Waals surface area contributed by atoms with Crippen LogP contribution in [0.25, 0.3) is 11.3 Å². The maximum absolute atomic E-state index is 14.5. The molecule has 0 N–H and O–H groups in total. The van der Waals surface area contributed by atoms with E-state index in [1.807, 2.05) is 50.8 Å². The molecular weight excluding hydrogens is 646 g/mol. The summed E-state index contributed by atoms with van der Waals surface area (Å²) in [6.45, 7) is 9.73. The van der Waals surface area contributed by atoms with Crippen LogP contribution >= 0.6 is 0 Å². The van der Waals surface area contributed by atoms with E-state index in [-0.39, 0.29) is 35.7 Å². The van der Waals surface area contributed by atoms with Gasteiger partial charge < -0.3 is 23.5 Å². The Morgan fingerprint density at radius 3 is 2.37 bits per heavy atom. The lowest BCUT2D eigenvalue weighted by Crippen LogP contribution is -2.64. The number of aryl methyl sites for hydroxylation is 1. The van der Waals surface area contributed by atoms with Gasteiger partial charge in [-0.05, 0) is 122 Å². The maximum Gasteiger partial charge on any atom is 0.410 e. The molecule has 0 bridgehead atoms. The molecule has 0 spiro atoms. The predicted molar refractivity (Wildman–Crippen MR) is 193 cm³/mol. The van der Waals surface area contributed by atoms with E-state index in [1.54, 1.807) is 24.5 Å². The first-order chi connectivity index (χ1) is 24.6. The Bertz CT molecular complexity index is 1680. The van der Waals surface area contributed by atoms with Gasteiger partial charge in [-0.25, -0.2) is 14.8 Å². The van der Waals surface area contributed by atoms with Crippen molar-refractivity contribution in [2.75, 3.05) is 31.6 Å². The summed E-state index contributed by atoms with van der Waals surface area (Å²) in [5.41, 5.74) is 3.40. The number of carbonyl (C=O) groups is 2. The van der Waals surface area contributed by atoms with Gasteiger partial charge in [-0.1, -0.05) is 0 Å². The zero-order valence-electron chi connectivity index (χ0n) is 30.8. The second-order valence-corrected chi connectivity index (χ2v) is 15.8. The van der Waals surface area contributed by atoms with Crippen LogP contribution in [0.5, 0.6) is 5.75 Å². The monoisotopic (exact) mass is 699 g/mol. The smallest absolute Gasteiger partial charge is 0.410 e. The third kappa shape index (κ3) is 8.24. The molecule has 4 fully saturated rings. The molecule has 3 saturated carbocycles. The van der Waals surface area contributed by atoms with Crippen molar-refractivity contribution in [3.05, 3.63) is 54.0 Å². The van der Waals surface area contributed by atoms with Crippen LogP contribution in [-0.4, -0.2) is 76.4 Å². The number of oxazole rings is 1. The van der Waals surface area contributed by atoms with Gasteiger partial charge >= 0.3 is 6.09 Å². The fraction of sp³-hybridized carbons (Fsp3) is 0.625. The SMILES string of the molecule is COc1ccc(C2CCC(CN(C(=O)C3CCC(OC(=O)N4CC(C)(OC(C)C)C4)CC3)c3cc(-c4coc(C5CC5)n4)ccn3)CC2)nc1C. The van der Waals surface area contributed by atoms with E-state index in [4.69, 9.17) is 33.6 Å². The summed E-state index contributed by atoms with van der Waals surface area (Å²) in [5.74, 6) is 3.37. The maximum atomic E-state index is 14.5. The third-order valence-corrected chi connectivity index (χ3v) is 11.1. The second-order valence-electron chi connectivity index (χ2n) is 15.8. The molecule has 1 aliphatic heterocycles. The van der Waals surface area contributed by atoms with E-state index in [0.717, 1.165) is 72.8 Å². The highest BCUT2D eigenvalue weighted by molar-refractivity contribution is 5.94. The molecule has 0 unspecified atom stereocenters. The van der Waals surface area contributed by atoms with Crippen LogP contribution in [0.1, 0.15) is 114 Å². The van der Waals surface area contributed by atoms with Crippen LogP contribution in [0, 0.1) is 18.8 Å². The first kappa shape index (κ1) is 35.4. The summed E-state index contributed by atoms with van der Waals surface area (Å²) in [6.07, 6.45) is 12.1. The number of nitrogens with zero attached hydrogens (tertiary/aromatic N) is 5. The Balaban J connectivity index is 1.01. The zero-order valence-corrected chi connectivity index (χ0v) is 30.8. The minimum Gasteiger partial charge on any atom is -0.495 e. The summed E-state index contributed by atoms with van der Waals surface area (Å²) < 4.78 is 23.1. The molecule has 51 heavy (non-hydrogen) atoms. The standard InChI is InChI=1S/C40H53N5O6/c1-25(2)51-40(4)23-44(24-40)39(47)50-32-14-12-30(13-15-32)38(46)45(36-20-31(18-19-41-36)34-22-49-37(43-34)29-10-11-29)21-27-6-8-28(9-7-27)33-16-17-35(48-5)26(3)42-33/h16-20,22,25,27-30,32H,6-15,21,23-24H2,1-5H3. The molecule has 3 aromatic rings. The van der Waals surface area contributed by atoms with Crippen molar-refractivity contribution >= 4 is 17.8 Å². The summed E-state index contributed by atoms with van der Waals surface area (Å²) in [7, 11) is 1.68. The number of rotatable bonds is 11. The summed E-state index contributed by atoms with van der Waals surface area (Å²) >= 11 is 0. The zero-order chi connectivity index (χ0) is 35.7. The van der Waals surface area contributed by atoms with Crippen molar-refractivity contribution in [1.82, 2.24) is 19.9 Å². The number of pyridine rings is 2. The predicted octanol–water partition coefficient (Wildman–Crippen LogP) is 7.83. The van der Waals surface area contributed by atoms with Crippen molar-refractivity contribution in [1.29, 1.82) is 0 Å². The summed E-state index contributed by atoms with van der Waals surface area (Å²) in [4.78, 5) is 45.3. The number of amides is 2. The van der Waals surface area contributed by atoms with E-state index < -0.39 is 0 Å². The Morgan fingerprint density at radius 2 is 1.71 bits per heavy atom. The van der Waals surface area contributed by atoms with Crippen molar-refractivity contribution in [3.8, 4) is 17.0 Å². The van der Waals surface area contributed by atoms with Crippen molar-refractivity contribution in [2.24, 2.45) is 11.8 Å². The van der Waals surface area contributed by atoms with E-state index >= 15 is 0 Å². The third-order valence-electron chi connectivity index (χ3n) is 11.1. The molecule has 274 valence electrons. The second kappa shape index (κ2) is 14.9. The lowest BCUT2D eigenvalue weighted by molar-refractivity contribution is -0.148. The molecular formula is C40H53N5O6. The average Bonchev–Trinajstić information content (AvgIpc) is 3.85. The van der Waals surface area contributed by atoms with Crippen molar-refractivity contribution < 1.29 is 28.2 Å². The van der Waals surface area contributed by atoms with Crippen molar-refractivity contribution in [3.63, 3.8) is 0 Å². The van der Waals surface area contributed by atoms with Gasteiger partial charge in [-0.2, -0.15) is 0 Å². The van der Waals surface area contributed by atoms with Crippen LogP contribution in [0.15, 0.2) is 41.1 Å². The Hall–Kier alpha value is -3.99. The highest BCUT2D eigenvalue weighted by Gasteiger charge is 2.44. The lowest BCUT2D eigenvalue weighted by Gasteiger charge is -2.48.